The van der Waals surface area contributed by atoms with Gasteiger partial charge in [-0.3, -0.25) is 9.78 Å². The number of piperidine rings is 1. The largest absolute Gasteiger partial charge is 0.317 e. The Labute approximate surface area is 133 Å². The molecule has 1 saturated heterocycles. The van der Waals surface area contributed by atoms with Crippen molar-refractivity contribution >= 4 is 30.6 Å². The molecular formula is C15H24Cl2N2O. The van der Waals surface area contributed by atoms with E-state index in [0.29, 0.717) is 11.6 Å². The molecule has 0 atom stereocenters. The van der Waals surface area contributed by atoms with Gasteiger partial charge in [0.05, 0.1) is 0 Å². The molecular weight excluding hydrogens is 295 g/mol. The Kier molecular flexibility index (Phi) is 9.03. The van der Waals surface area contributed by atoms with Crippen LogP contribution < -0.4 is 5.32 Å². The second-order valence-corrected chi connectivity index (χ2v) is 5.54. The zero-order valence-corrected chi connectivity index (χ0v) is 13.7. The molecule has 1 aliphatic heterocycles. The molecule has 0 aliphatic carbocycles. The van der Waals surface area contributed by atoms with Crippen LogP contribution in [0.5, 0.6) is 0 Å². The lowest BCUT2D eigenvalue weighted by molar-refractivity contribution is 0.0890. The Bertz CT molecular complexity index is 401. The van der Waals surface area contributed by atoms with E-state index < -0.39 is 0 Å². The van der Waals surface area contributed by atoms with Crippen LogP contribution in [0.4, 0.5) is 0 Å². The number of Topliss-reactive ketones (excluding diaryl/α,β-unsaturated/α-hetero) is 1. The normalized spacial score (nSPS) is 15.3. The number of ketones is 1. The molecule has 0 spiro atoms. The van der Waals surface area contributed by atoms with Crippen LogP contribution in [0.2, 0.25) is 0 Å². The maximum absolute atomic E-state index is 12.2. The predicted molar refractivity (Wildman–Crippen MR) is 87.2 cm³/mol. The number of aromatic nitrogens is 1. The number of carbonyl (C=O) groups excluding carboxylic acids is 1. The van der Waals surface area contributed by atoms with Gasteiger partial charge in [0.25, 0.3) is 0 Å². The topological polar surface area (TPSA) is 42.0 Å². The van der Waals surface area contributed by atoms with Crippen LogP contribution >= 0.6 is 24.8 Å². The molecule has 114 valence electrons. The van der Waals surface area contributed by atoms with Gasteiger partial charge < -0.3 is 5.32 Å². The van der Waals surface area contributed by atoms with Gasteiger partial charge in [0.1, 0.15) is 5.69 Å². The fourth-order valence-corrected chi connectivity index (χ4v) is 2.46. The van der Waals surface area contributed by atoms with Crippen molar-refractivity contribution in [2.45, 2.75) is 33.1 Å². The van der Waals surface area contributed by atoms with E-state index in [0.717, 1.165) is 32.4 Å². The van der Waals surface area contributed by atoms with E-state index in [-0.39, 0.29) is 36.5 Å². The van der Waals surface area contributed by atoms with Crippen molar-refractivity contribution < 1.29 is 4.79 Å². The summed E-state index contributed by atoms with van der Waals surface area (Å²) in [7, 11) is 0. The third-order valence-electron chi connectivity index (χ3n) is 3.43. The molecule has 0 amide bonds. The fraction of sp³-hybridized carbons (Fsp3) is 0.600. The van der Waals surface area contributed by atoms with Gasteiger partial charge in [-0.15, -0.1) is 24.8 Å². The van der Waals surface area contributed by atoms with E-state index in [2.05, 4.69) is 24.1 Å². The van der Waals surface area contributed by atoms with Gasteiger partial charge in [-0.05, 0) is 49.9 Å². The molecule has 1 aromatic heterocycles. The van der Waals surface area contributed by atoms with Crippen molar-refractivity contribution in [3.05, 3.63) is 29.6 Å². The lowest BCUT2D eigenvalue weighted by Crippen LogP contribution is -2.32. The van der Waals surface area contributed by atoms with Crippen LogP contribution in [0.3, 0.4) is 0 Å². The molecule has 1 N–H and O–H groups in total. The Balaban J connectivity index is 0.00000180. The molecule has 20 heavy (non-hydrogen) atoms. The first-order chi connectivity index (χ1) is 8.66. The number of rotatable bonds is 4. The predicted octanol–water partition coefficient (Wildman–Crippen LogP) is 3.31. The molecule has 2 heterocycles. The van der Waals surface area contributed by atoms with Gasteiger partial charge in [0, 0.05) is 12.1 Å². The molecule has 0 aromatic carbocycles. The lowest BCUT2D eigenvalue weighted by atomic mass is 9.91. The standard InChI is InChI=1S/C15H22N2O.2ClH/c1-11(2)9-12-3-4-14(17-10-12)15(18)13-5-7-16-8-6-13;;/h3-4,10-11,13,16H,5-9H2,1-2H3;2*1H. The highest BCUT2D eigenvalue weighted by atomic mass is 35.5. The number of hydrogen-bond acceptors (Lipinski definition) is 3. The number of carbonyl (C=O) groups is 1. The van der Waals surface area contributed by atoms with Crippen LogP contribution in [0.25, 0.3) is 0 Å². The second-order valence-electron chi connectivity index (χ2n) is 5.54. The third kappa shape index (κ3) is 5.39. The molecule has 2 rings (SSSR count). The molecule has 3 nitrogen and oxygen atoms in total. The van der Waals surface area contributed by atoms with E-state index in [4.69, 9.17) is 0 Å². The fourth-order valence-electron chi connectivity index (χ4n) is 2.46. The number of hydrogen-bond donors (Lipinski definition) is 1. The van der Waals surface area contributed by atoms with E-state index >= 15 is 0 Å². The molecule has 0 saturated carbocycles. The highest BCUT2D eigenvalue weighted by Crippen LogP contribution is 2.17. The summed E-state index contributed by atoms with van der Waals surface area (Å²) in [6, 6.07) is 3.93. The van der Waals surface area contributed by atoms with Gasteiger partial charge in [-0.2, -0.15) is 0 Å². The monoisotopic (exact) mass is 318 g/mol. The van der Waals surface area contributed by atoms with Crippen molar-refractivity contribution in [3.63, 3.8) is 0 Å². The van der Waals surface area contributed by atoms with E-state index in [1.54, 1.807) is 0 Å². The number of nitrogens with one attached hydrogen (secondary N) is 1. The second kappa shape index (κ2) is 9.32. The van der Waals surface area contributed by atoms with Gasteiger partial charge in [0.2, 0.25) is 0 Å². The Hall–Kier alpha value is -0.640. The van der Waals surface area contributed by atoms with Crippen molar-refractivity contribution in [1.82, 2.24) is 10.3 Å². The molecule has 0 unspecified atom stereocenters. The molecule has 1 aliphatic rings. The lowest BCUT2D eigenvalue weighted by Gasteiger charge is -2.21. The average Bonchev–Trinajstić information content (AvgIpc) is 2.39. The maximum Gasteiger partial charge on any atom is 0.184 e. The molecule has 5 heteroatoms. The van der Waals surface area contributed by atoms with Gasteiger partial charge in [0.15, 0.2) is 5.78 Å². The number of pyridine rings is 1. The zero-order chi connectivity index (χ0) is 13.0. The summed E-state index contributed by atoms with van der Waals surface area (Å²) in [5.41, 5.74) is 1.85. The summed E-state index contributed by atoms with van der Waals surface area (Å²) < 4.78 is 0. The van der Waals surface area contributed by atoms with E-state index in [1.165, 1.54) is 5.56 Å². The Morgan fingerprint density at radius 3 is 2.45 bits per heavy atom. The molecule has 1 aromatic rings. The first kappa shape index (κ1) is 19.4. The van der Waals surface area contributed by atoms with Crippen LogP contribution in [0, 0.1) is 11.8 Å². The van der Waals surface area contributed by atoms with Crippen LogP contribution in [-0.2, 0) is 6.42 Å². The molecule has 0 bridgehead atoms. The van der Waals surface area contributed by atoms with E-state index in [1.807, 2.05) is 18.3 Å². The van der Waals surface area contributed by atoms with Gasteiger partial charge in [-0.1, -0.05) is 19.9 Å². The first-order valence-electron chi connectivity index (χ1n) is 6.86. The summed E-state index contributed by atoms with van der Waals surface area (Å²) in [5.74, 6) is 1.00. The van der Waals surface area contributed by atoms with E-state index in [9.17, 15) is 4.79 Å². The summed E-state index contributed by atoms with van der Waals surface area (Å²) in [6.07, 6.45) is 4.76. The summed E-state index contributed by atoms with van der Waals surface area (Å²) in [6.45, 7) is 6.27. The SMILES string of the molecule is CC(C)Cc1ccc(C(=O)C2CCNCC2)nc1.Cl.Cl. The van der Waals surface area contributed by atoms with Crippen molar-refractivity contribution in [3.8, 4) is 0 Å². The number of nitrogens with zero attached hydrogens (tertiary/aromatic N) is 1. The van der Waals surface area contributed by atoms with Crippen molar-refractivity contribution in [2.24, 2.45) is 11.8 Å². The highest BCUT2D eigenvalue weighted by molar-refractivity contribution is 5.96. The summed E-state index contributed by atoms with van der Waals surface area (Å²) in [5, 5.41) is 3.28. The Morgan fingerprint density at radius 2 is 1.95 bits per heavy atom. The van der Waals surface area contributed by atoms with Crippen molar-refractivity contribution in [1.29, 1.82) is 0 Å². The minimum Gasteiger partial charge on any atom is -0.317 e. The third-order valence-corrected chi connectivity index (χ3v) is 3.43. The smallest absolute Gasteiger partial charge is 0.184 e. The average molecular weight is 319 g/mol. The van der Waals surface area contributed by atoms with Crippen LogP contribution in [0.1, 0.15) is 42.7 Å². The highest BCUT2D eigenvalue weighted by Gasteiger charge is 2.22. The maximum atomic E-state index is 12.2. The first-order valence-corrected chi connectivity index (χ1v) is 6.86. The summed E-state index contributed by atoms with van der Waals surface area (Å²) >= 11 is 0. The Morgan fingerprint density at radius 1 is 1.30 bits per heavy atom. The van der Waals surface area contributed by atoms with Crippen LogP contribution in [0.15, 0.2) is 18.3 Å². The van der Waals surface area contributed by atoms with Gasteiger partial charge >= 0.3 is 0 Å². The minimum atomic E-state index is 0. The van der Waals surface area contributed by atoms with Gasteiger partial charge in [-0.25, -0.2) is 0 Å². The van der Waals surface area contributed by atoms with Crippen molar-refractivity contribution in [2.75, 3.05) is 13.1 Å². The quantitative estimate of drug-likeness (QED) is 0.866. The van der Waals surface area contributed by atoms with Crippen LogP contribution in [-0.4, -0.2) is 23.9 Å². The summed E-state index contributed by atoms with van der Waals surface area (Å²) in [4.78, 5) is 16.6. The molecule has 1 fully saturated rings. The zero-order valence-electron chi connectivity index (χ0n) is 12.1. The minimum absolute atomic E-state index is 0. The molecule has 0 radical (unpaired) electrons. The number of halogens is 2.